The summed E-state index contributed by atoms with van der Waals surface area (Å²) in [6.45, 7) is 7.69. The van der Waals surface area contributed by atoms with E-state index in [1.54, 1.807) is 24.3 Å². The number of aliphatic hydroxyl groups excluding tert-OH is 1. The van der Waals surface area contributed by atoms with E-state index in [0.717, 1.165) is 6.54 Å². The Morgan fingerprint density at radius 1 is 1.18 bits per heavy atom. The molecular formula is C23H29Cl2FN4O3. The van der Waals surface area contributed by atoms with Crippen molar-refractivity contribution in [1.29, 1.82) is 0 Å². The molecule has 0 aliphatic carbocycles. The first-order valence-electron chi connectivity index (χ1n) is 10.4. The smallest absolute Gasteiger partial charge is 0.163 e. The first-order chi connectivity index (χ1) is 15.3. The van der Waals surface area contributed by atoms with E-state index in [9.17, 15) is 9.50 Å². The first kappa shape index (κ1) is 26.9. The predicted octanol–water partition coefficient (Wildman–Crippen LogP) is 5.07. The fourth-order valence-corrected chi connectivity index (χ4v) is 3.53. The highest BCUT2D eigenvalue weighted by molar-refractivity contribution is 6.30. The third-order valence-electron chi connectivity index (χ3n) is 5.12. The number of benzene rings is 2. The van der Waals surface area contributed by atoms with E-state index < -0.39 is 11.9 Å². The summed E-state index contributed by atoms with van der Waals surface area (Å²) in [4.78, 5) is 10.7. The Balaban J connectivity index is 0.00000385. The van der Waals surface area contributed by atoms with Gasteiger partial charge in [0.15, 0.2) is 11.5 Å². The molecule has 10 heteroatoms. The van der Waals surface area contributed by atoms with E-state index in [1.165, 1.54) is 19.5 Å². The summed E-state index contributed by atoms with van der Waals surface area (Å²) in [5, 5.41) is 14.3. The predicted molar refractivity (Wildman–Crippen MR) is 132 cm³/mol. The molecule has 0 radical (unpaired) electrons. The molecule has 2 aromatic carbocycles. The van der Waals surface area contributed by atoms with Gasteiger partial charge in [0.05, 0.1) is 18.3 Å². The number of rotatable bonds is 10. The highest BCUT2D eigenvalue weighted by Gasteiger charge is 2.17. The molecule has 0 saturated heterocycles. The molecule has 33 heavy (non-hydrogen) atoms. The normalized spacial score (nSPS) is 12.0. The number of ether oxygens (including phenoxy) is 2. The second-order valence-corrected chi connectivity index (χ2v) is 8.07. The third-order valence-corrected chi connectivity index (χ3v) is 5.35. The fourth-order valence-electron chi connectivity index (χ4n) is 3.37. The zero-order valence-electron chi connectivity index (χ0n) is 19.0. The van der Waals surface area contributed by atoms with Crippen LogP contribution in [0.3, 0.4) is 0 Å². The number of nitrogens with zero attached hydrogens (tertiary/aromatic N) is 3. The average molecular weight is 499 g/mol. The summed E-state index contributed by atoms with van der Waals surface area (Å²) >= 11 is 5.83. The molecule has 0 aliphatic rings. The minimum absolute atomic E-state index is 0. The molecule has 0 aliphatic heterocycles. The number of hydrogen-bond acceptors (Lipinski definition) is 7. The number of aliphatic hydroxyl groups is 1. The minimum Gasteiger partial charge on any atom is -0.493 e. The van der Waals surface area contributed by atoms with Crippen molar-refractivity contribution < 1.29 is 19.0 Å². The largest absolute Gasteiger partial charge is 0.493 e. The van der Waals surface area contributed by atoms with Crippen molar-refractivity contribution in [1.82, 2.24) is 14.9 Å². The molecule has 180 valence electrons. The Bertz CT molecular complexity index is 1070. The van der Waals surface area contributed by atoms with E-state index >= 15 is 0 Å². The van der Waals surface area contributed by atoms with E-state index in [4.69, 9.17) is 21.1 Å². The van der Waals surface area contributed by atoms with Gasteiger partial charge in [-0.2, -0.15) is 0 Å². The van der Waals surface area contributed by atoms with Gasteiger partial charge in [-0.05, 0) is 44.7 Å². The molecule has 7 nitrogen and oxygen atoms in total. The number of nitrogens with one attached hydrogen (secondary N) is 1. The first-order valence-corrected chi connectivity index (χ1v) is 10.8. The molecule has 0 amide bonds. The van der Waals surface area contributed by atoms with Crippen molar-refractivity contribution in [2.45, 2.75) is 32.9 Å². The summed E-state index contributed by atoms with van der Waals surface area (Å²) in [6, 6.07) is 8.12. The van der Waals surface area contributed by atoms with Gasteiger partial charge in [0.1, 0.15) is 30.7 Å². The Hall–Kier alpha value is -2.39. The third kappa shape index (κ3) is 6.80. The number of likely N-dealkylation sites (N-methyl/N-ethyl adjacent to an activating group) is 1. The number of aromatic nitrogens is 2. The maximum atomic E-state index is 14.2. The molecule has 0 saturated carbocycles. The zero-order chi connectivity index (χ0) is 23.3. The fraction of sp³-hybridized carbons (Fsp3) is 0.391. The van der Waals surface area contributed by atoms with Gasteiger partial charge in [-0.1, -0.05) is 18.5 Å². The van der Waals surface area contributed by atoms with Crippen molar-refractivity contribution in [3.63, 3.8) is 0 Å². The number of hydrogen-bond donors (Lipinski definition) is 2. The van der Waals surface area contributed by atoms with Crippen molar-refractivity contribution >= 4 is 46.4 Å². The Labute approximate surface area is 204 Å². The van der Waals surface area contributed by atoms with E-state index in [1.807, 2.05) is 0 Å². The number of halogens is 3. The summed E-state index contributed by atoms with van der Waals surface area (Å²) < 4.78 is 25.6. The van der Waals surface area contributed by atoms with E-state index in [-0.39, 0.29) is 24.7 Å². The standard InChI is InChI=1S/C23H28ClFN4O3.ClH/c1-5-29(14(2)3)11-16(30)12-32-22-10-20-17(9-21(22)31-4)23(27-13-26-20)28-19-7-6-15(24)8-18(19)25;/h6-10,13-14,16,30H,5,11-12H2,1-4H3,(H,26,27,28);1H. The summed E-state index contributed by atoms with van der Waals surface area (Å²) in [7, 11) is 1.53. The van der Waals surface area contributed by atoms with Crippen molar-refractivity contribution in [3.8, 4) is 11.5 Å². The number of fused-ring (bicyclic) bond motifs is 1. The quantitative estimate of drug-likeness (QED) is 0.404. The van der Waals surface area contributed by atoms with Crippen LogP contribution in [0.15, 0.2) is 36.7 Å². The lowest BCUT2D eigenvalue weighted by Gasteiger charge is -2.27. The minimum atomic E-state index is -0.659. The second-order valence-electron chi connectivity index (χ2n) is 7.64. The average Bonchev–Trinajstić information content (AvgIpc) is 2.77. The van der Waals surface area contributed by atoms with Gasteiger partial charge in [-0.3, -0.25) is 4.90 Å². The van der Waals surface area contributed by atoms with Crippen LogP contribution < -0.4 is 14.8 Å². The monoisotopic (exact) mass is 498 g/mol. The van der Waals surface area contributed by atoms with Gasteiger partial charge in [-0.25, -0.2) is 14.4 Å². The molecule has 1 heterocycles. The molecule has 3 aromatic rings. The highest BCUT2D eigenvalue weighted by Crippen LogP contribution is 2.35. The number of anilines is 2. The Kier molecular flexibility index (Phi) is 9.91. The zero-order valence-corrected chi connectivity index (χ0v) is 20.6. The van der Waals surface area contributed by atoms with Crippen LogP contribution in [0.25, 0.3) is 10.9 Å². The van der Waals surface area contributed by atoms with Crippen LogP contribution in [-0.4, -0.2) is 58.9 Å². The Morgan fingerprint density at radius 2 is 1.94 bits per heavy atom. The molecule has 0 bridgehead atoms. The van der Waals surface area contributed by atoms with Crippen LogP contribution in [-0.2, 0) is 0 Å². The maximum absolute atomic E-state index is 14.2. The number of methoxy groups -OCH3 is 1. The lowest BCUT2D eigenvalue weighted by molar-refractivity contribution is 0.0589. The van der Waals surface area contributed by atoms with Gasteiger partial charge in [-0.15, -0.1) is 12.4 Å². The molecule has 3 rings (SSSR count). The van der Waals surface area contributed by atoms with Crippen LogP contribution in [0.2, 0.25) is 5.02 Å². The molecular weight excluding hydrogens is 470 g/mol. The second kappa shape index (κ2) is 12.2. The lowest BCUT2D eigenvalue weighted by Crippen LogP contribution is -2.39. The molecule has 0 fully saturated rings. The lowest BCUT2D eigenvalue weighted by atomic mass is 10.2. The van der Waals surface area contributed by atoms with Crippen molar-refractivity contribution in [2.75, 3.05) is 32.1 Å². The summed E-state index contributed by atoms with van der Waals surface area (Å²) in [6.07, 6.45) is 0.721. The van der Waals surface area contributed by atoms with Gasteiger partial charge in [0, 0.05) is 29.1 Å². The topological polar surface area (TPSA) is 79.7 Å². The van der Waals surface area contributed by atoms with Gasteiger partial charge >= 0.3 is 0 Å². The molecule has 0 spiro atoms. The van der Waals surface area contributed by atoms with Gasteiger partial charge in [0.25, 0.3) is 0 Å². The Morgan fingerprint density at radius 3 is 2.58 bits per heavy atom. The van der Waals surface area contributed by atoms with Crippen LogP contribution in [0, 0.1) is 5.82 Å². The summed E-state index contributed by atoms with van der Waals surface area (Å²) in [5.74, 6) is 0.827. The molecule has 1 aromatic heterocycles. The van der Waals surface area contributed by atoms with Gasteiger partial charge in [0.2, 0.25) is 0 Å². The van der Waals surface area contributed by atoms with Crippen LogP contribution in [0.4, 0.5) is 15.9 Å². The van der Waals surface area contributed by atoms with Crippen LogP contribution in [0.5, 0.6) is 11.5 Å². The van der Waals surface area contributed by atoms with Crippen molar-refractivity contribution in [3.05, 3.63) is 47.5 Å². The highest BCUT2D eigenvalue weighted by atomic mass is 35.5. The van der Waals surface area contributed by atoms with Crippen LogP contribution >= 0.6 is 24.0 Å². The van der Waals surface area contributed by atoms with Crippen molar-refractivity contribution in [2.24, 2.45) is 0 Å². The molecule has 1 unspecified atom stereocenters. The summed E-state index contributed by atoms with van der Waals surface area (Å²) in [5.41, 5.74) is 0.821. The van der Waals surface area contributed by atoms with E-state index in [2.05, 4.69) is 41.0 Å². The molecule has 2 N–H and O–H groups in total. The van der Waals surface area contributed by atoms with Gasteiger partial charge < -0.3 is 19.9 Å². The SMILES string of the molecule is CCN(CC(O)COc1cc2ncnc(Nc3ccc(Cl)cc3F)c2cc1OC)C(C)C.Cl. The van der Waals surface area contributed by atoms with E-state index in [0.29, 0.717) is 45.8 Å². The van der Waals surface area contributed by atoms with Crippen LogP contribution in [0.1, 0.15) is 20.8 Å². The maximum Gasteiger partial charge on any atom is 0.163 e. The molecule has 1 atom stereocenters.